The Labute approximate surface area is 159 Å². The number of nitrogens with zero attached hydrogens (tertiary/aromatic N) is 1. The van der Waals surface area contributed by atoms with Gasteiger partial charge in [0.2, 0.25) is 0 Å². The molecular weight excluding hydrogens is 350 g/mol. The van der Waals surface area contributed by atoms with Gasteiger partial charge in [0.25, 0.3) is 0 Å². The van der Waals surface area contributed by atoms with Crippen LogP contribution in [0.25, 0.3) is 0 Å². The number of hydrogen-bond acceptors (Lipinski definition) is 4. The topological polar surface area (TPSA) is 32.7 Å². The molecule has 1 N–H and O–H groups in total. The minimum Gasteiger partial charge on any atom is -0.382 e. The fraction of sp³-hybridized carbons (Fsp3) is 0.350. The lowest BCUT2D eigenvalue weighted by Gasteiger charge is -2.34. The highest BCUT2D eigenvalue weighted by atomic mass is 32.2. The Kier molecular flexibility index (Phi) is 6.12. The van der Waals surface area contributed by atoms with Crippen LogP contribution in [0, 0.1) is 0 Å². The van der Waals surface area contributed by atoms with Gasteiger partial charge in [-0.2, -0.15) is 0 Å². The van der Waals surface area contributed by atoms with Crippen molar-refractivity contribution in [2.75, 3.05) is 19.8 Å². The average molecular weight is 374 g/mol. The first-order valence-corrected chi connectivity index (χ1v) is 9.79. The van der Waals surface area contributed by atoms with Crippen LogP contribution in [0.1, 0.15) is 30.5 Å². The summed E-state index contributed by atoms with van der Waals surface area (Å²) in [4.78, 5) is 1.05. The summed E-state index contributed by atoms with van der Waals surface area (Å²) in [7, 11) is 0. The fourth-order valence-electron chi connectivity index (χ4n) is 3.20. The van der Waals surface area contributed by atoms with Crippen molar-refractivity contribution in [2.45, 2.75) is 24.3 Å². The molecule has 25 heavy (non-hydrogen) atoms. The molecule has 2 unspecified atom stereocenters. The van der Waals surface area contributed by atoms with Crippen LogP contribution in [0.5, 0.6) is 0 Å². The van der Waals surface area contributed by atoms with Gasteiger partial charge in [0.15, 0.2) is 4.93 Å². The summed E-state index contributed by atoms with van der Waals surface area (Å²) in [5, 5.41) is 11.6. The van der Waals surface area contributed by atoms with Crippen molar-refractivity contribution in [3.8, 4) is 0 Å². The molecule has 1 fully saturated rings. The lowest BCUT2D eigenvalue weighted by atomic mass is 9.94. The predicted molar refractivity (Wildman–Crippen MR) is 108 cm³/mol. The molecule has 3 rings (SSSR count). The van der Waals surface area contributed by atoms with E-state index in [0.29, 0.717) is 6.61 Å². The number of ether oxygens (including phenoxy) is 1. The third kappa shape index (κ3) is 3.90. The summed E-state index contributed by atoms with van der Waals surface area (Å²) >= 11 is 7.00. The summed E-state index contributed by atoms with van der Waals surface area (Å²) in [5.41, 5.74) is 1.95. The molecule has 132 valence electrons. The van der Waals surface area contributed by atoms with Gasteiger partial charge >= 0.3 is 0 Å². The van der Waals surface area contributed by atoms with Gasteiger partial charge in [-0.15, -0.1) is 0 Å². The molecule has 1 heterocycles. The highest BCUT2D eigenvalue weighted by Gasteiger charge is 2.51. The molecule has 0 spiro atoms. The number of thiocarbonyl (C=S) groups is 1. The Bertz CT molecular complexity index is 695. The summed E-state index contributed by atoms with van der Waals surface area (Å²) < 4.78 is 6.20. The van der Waals surface area contributed by atoms with Gasteiger partial charge in [-0.1, -0.05) is 84.6 Å². The molecule has 0 aliphatic carbocycles. The second kappa shape index (κ2) is 8.32. The van der Waals surface area contributed by atoms with E-state index in [0.717, 1.165) is 35.0 Å². The molecule has 2 aromatic rings. The van der Waals surface area contributed by atoms with Crippen LogP contribution in [0.3, 0.4) is 0 Å². The van der Waals surface area contributed by atoms with Crippen molar-refractivity contribution in [1.29, 1.82) is 0 Å². The fourth-order valence-corrected chi connectivity index (χ4v) is 4.99. The zero-order valence-electron chi connectivity index (χ0n) is 14.3. The van der Waals surface area contributed by atoms with Crippen LogP contribution < -0.4 is 0 Å². The molecule has 1 aliphatic rings. The minimum absolute atomic E-state index is 0.213. The number of hydrogen-bond donors (Lipinski definition) is 1. The van der Waals surface area contributed by atoms with E-state index in [1.54, 1.807) is 0 Å². The van der Waals surface area contributed by atoms with E-state index in [4.69, 9.17) is 17.0 Å². The van der Waals surface area contributed by atoms with E-state index < -0.39 is 4.93 Å². The van der Waals surface area contributed by atoms with E-state index in [1.165, 1.54) is 11.8 Å². The maximum Gasteiger partial charge on any atom is 0.167 e. The van der Waals surface area contributed by atoms with Gasteiger partial charge in [-0.3, -0.25) is 0 Å². The van der Waals surface area contributed by atoms with Crippen LogP contribution in [0.2, 0.25) is 0 Å². The molecule has 1 aliphatic heterocycles. The maximum atomic E-state index is 11.6. The van der Waals surface area contributed by atoms with Gasteiger partial charge < -0.3 is 14.7 Å². The molecule has 0 amide bonds. The Balaban J connectivity index is 1.94. The molecule has 2 aromatic carbocycles. The summed E-state index contributed by atoms with van der Waals surface area (Å²) in [6.07, 6.45) is 0.878. The maximum absolute atomic E-state index is 11.6. The van der Waals surface area contributed by atoms with Crippen LogP contribution in [0.4, 0.5) is 0 Å². The Hall–Kier alpha value is -1.40. The SMILES string of the molecule is CCOCCCN1C(=S)SC(O)(c2ccccc2)C1c1ccccc1. The molecule has 2 atom stereocenters. The normalized spacial score (nSPS) is 23.2. The van der Waals surface area contributed by atoms with E-state index in [1.807, 2.05) is 55.5 Å². The first-order chi connectivity index (χ1) is 12.2. The molecule has 0 bridgehead atoms. The number of aliphatic hydroxyl groups is 1. The van der Waals surface area contributed by atoms with Crippen molar-refractivity contribution < 1.29 is 9.84 Å². The molecule has 0 saturated carbocycles. The van der Waals surface area contributed by atoms with Crippen LogP contribution in [0.15, 0.2) is 60.7 Å². The number of thioether (sulfide) groups is 1. The molecule has 0 radical (unpaired) electrons. The lowest BCUT2D eigenvalue weighted by molar-refractivity contribution is 0.0566. The molecule has 0 aromatic heterocycles. The number of benzene rings is 2. The summed E-state index contributed by atoms with van der Waals surface area (Å²) in [6, 6.07) is 19.7. The third-order valence-electron chi connectivity index (χ3n) is 4.35. The highest BCUT2D eigenvalue weighted by Crippen LogP contribution is 2.54. The standard InChI is InChI=1S/C20H23NO2S2/c1-2-23-15-9-14-21-18(16-10-5-3-6-11-16)20(22,25-19(21)24)17-12-7-4-8-13-17/h3-8,10-13,18,22H,2,9,14-15H2,1H3. The quantitative estimate of drug-likeness (QED) is 0.577. The van der Waals surface area contributed by atoms with Gasteiger partial charge in [0.05, 0.1) is 6.04 Å². The van der Waals surface area contributed by atoms with E-state index in [-0.39, 0.29) is 6.04 Å². The zero-order valence-corrected chi connectivity index (χ0v) is 15.9. The van der Waals surface area contributed by atoms with Gasteiger partial charge in [0, 0.05) is 19.8 Å². The zero-order chi connectivity index (χ0) is 17.7. The largest absolute Gasteiger partial charge is 0.382 e. The highest BCUT2D eigenvalue weighted by molar-refractivity contribution is 8.23. The van der Waals surface area contributed by atoms with E-state index >= 15 is 0 Å². The third-order valence-corrected chi connectivity index (χ3v) is 6.02. The minimum atomic E-state index is -1.09. The smallest absolute Gasteiger partial charge is 0.167 e. The Morgan fingerprint density at radius 1 is 1.12 bits per heavy atom. The van der Waals surface area contributed by atoms with Crippen molar-refractivity contribution in [3.63, 3.8) is 0 Å². The lowest BCUT2D eigenvalue weighted by Crippen LogP contribution is -2.36. The number of rotatable bonds is 7. The van der Waals surface area contributed by atoms with Crippen molar-refractivity contribution in [1.82, 2.24) is 4.90 Å². The van der Waals surface area contributed by atoms with Gasteiger partial charge in [-0.05, 0) is 24.5 Å². The molecule has 5 heteroatoms. The second-order valence-electron chi connectivity index (χ2n) is 5.99. The van der Waals surface area contributed by atoms with Gasteiger partial charge in [-0.25, -0.2) is 0 Å². The van der Waals surface area contributed by atoms with Crippen LogP contribution in [-0.4, -0.2) is 34.1 Å². The summed E-state index contributed by atoms with van der Waals surface area (Å²) in [6.45, 7) is 4.18. The Morgan fingerprint density at radius 3 is 2.40 bits per heavy atom. The van der Waals surface area contributed by atoms with Crippen molar-refractivity contribution in [2.24, 2.45) is 0 Å². The van der Waals surface area contributed by atoms with Crippen molar-refractivity contribution in [3.05, 3.63) is 71.8 Å². The van der Waals surface area contributed by atoms with E-state index in [9.17, 15) is 5.11 Å². The average Bonchev–Trinajstić information content (AvgIpc) is 2.91. The van der Waals surface area contributed by atoms with E-state index in [2.05, 4.69) is 17.0 Å². The first-order valence-electron chi connectivity index (χ1n) is 8.57. The van der Waals surface area contributed by atoms with Gasteiger partial charge in [0.1, 0.15) is 4.32 Å². The van der Waals surface area contributed by atoms with Crippen LogP contribution in [-0.2, 0) is 9.67 Å². The first kappa shape index (κ1) is 18.4. The predicted octanol–water partition coefficient (Wildman–Crippen LogP) is 4.33. The Morgan fingerprint density at radius 2 is 1.76 bits per heavy atom. The molecule has 3 nitrogen and oxygen atoms in total. The van der Waals surface area contributed by atoms with Crippen molar-refractivity contribution >= 4 is 28.3 Å². The monoisotopic (exact) mass is 373 g/mol. The van der Waals surface area contributed by atoms with Crippen LogP contribution >= 0.6 is 24.0 Å². The summed E-state index contributed by atoms with van der Waals surface area (Å²) in [5.74, 6) is 0. The second-order valence-corrected chi connectivity index (χ2v) is 7.85. The molecule has 1 saturated heterocycles. The molecular formula is C20H23NO2S2.